The second-order valence-corrected chi connectivity index (χ2v) is 3.81. The van der Waals surface area contributed by atoms with Gasteiger partial charge in [-0.2, -0.15) is 0 Å². The van der Waals surface area contributed by atoms with E-state index in [4.69, 9.17) is 11.6 Å². The second kappa shape index (κ2) is 3.83. The van der Waals surface area contributed by atoms with E-state index in [-0.39, 0.29) is 0 Å². The quantitative estimate of drug-likeness (QED) is 0.763. The van der Waals surface area contributed by atoms with Crippen molar-refractivity contribution in [2.24, 2.45) is 0 Å². The summed E-state index contributed by atoms with van der Waals surface area (Å²) in [4.78, 5) is 0. The molecule has 1 nitrogen and oxygen atoms in total. The highest BCUT2D eigenvalue weighted by molar-refractivity contribution is 6.31. The zero-order valence-electron chi connectivity index (χ0n) is 7.43. The third kappa shape index (κ3) is 1.74. The molecule has 1 aromatic carbocycles. The molecular formula is C10H10ClF2N. The zero-order valence-corrected chi connectivity index (χ0v) is 8.19. The Hall–Kier alpha value is -0.670. The summed E-state index contributed by atoms with van der Waals surface area (Å²) in [5.74, 6) is 0. The van der Waals surface area contributed by atoms with Crippen molar-refractivity contribution in [3.8, 4) is 0 Å². The van der Waals surface area contributed by atoms with Crippen LogP contribution in [0.2, 0.25) is 5.02 Å². The van der Waals surface area contributed by atoms with Gasteiger partial charge in [0.15, 0.2) is 0 Å². The molecule has 0 radical (unpaired) electrons. The average Bonchev–Trinajstić information content (AvgIpc) is 2.18. The number of hydrogen-bond acceptors (Lipinski definition) is 1. The van der Waals surface area contributed by atoms with E-state index in [9.17, 15) is 8.78 Å². The van der Waals surface area contributed by atoms with Gasteiger partial charge in [0.25, 0.3) is 6.43 Å². The Balaban J connectivity index is 2.29. The average molecular weight is 218 g/mol. The lowest BCUT2D eigenvalue weighted by atomic mass is 9.96. The minimum atomic E-state index is -2.33. The Bertz CT molecular complexity index is 341. The van der Waals surface area contributed by atoms with Gasteiger partial charge in [-0.05, 0) is 23.6 Å². The predicted molar refractivity (Wildman–Crippen MR) is 51.8 cm³/mol. The van der Waals surface area contributed by atoms with Gasteiger partial charge in [0, 0.05) is 11.6 Å². The highest BCUT2D eigenvalue weighted by Gasteiger charge is 2.26. The minimum absolute atomic E-state index is 0.312. The number of alkyl halides is 2. The Morgan fingerprint density at radius 2 is 2.21 bits per heavy atom. The fraction of sp³-hybridized carbons (Fsp3) is 0.400. The zero-order chi connectivity index (χ0) is 10.1. The van der Waals surface area contributed by atoms with Crippen LogP contribution in [0.15, 0.2) is 18.2 Å². The monoisotopic (exact) mass is 217 g/mol. The van der Waals surface area contributed by atoms with Crippen LogP contribution in [-0.2, 0) is 13.0 Å². The van der Waals surface area contributed by atoms with E-state index >= 15 is 0 Å². The molecule has 1 aliphatic heterocycles. The molecule has 4 heteroatoms. The third-order valence-electron chi connectivity index (χ3n) is 2.50. The molecule has 0 spiro atoms. The number of fused-ring (bicyclic) bond motifs is 1. The van der Waals surface area contributed by atoms with Gasteiger partial charge in [0.2, 0.25) is 0 Å². The van der Waals surface area contributed by atoms with Gasteiger partial charge in [-0.3, -0.25) is 0 Å². The van der Waals surface area contributed by atoms with Crippen LogP contribution in [0.1, 0.15) is 11.1 Å². The maximum absolute atomic E-state index is 12.4. The molecule has 0 aromatic heterocycles. The fourth-order valence-electron chi connectivity index (χ4n) is 1.71. The summed E-state index contributed by atoms with van der Waals surface area (Å²) in [5.41, 5.74) is 1.88. The highest BCUT2D eigenvalue weighted by atomic mass is 35.5. The van der Waals surface area contributed by atoms with Crippen LogP contribution >= 0.6 is 11.6 Å². The molecule has 0 bridgehead atoms. The largest absolute Gasteiger partial charge is 0.304 e. The molecule has 1 heterocycles. The number of benzene rings is 1. The molecule has 0 aliphatic carbocycles. The molecule has 76 valence electrons. The minimum Gasteiger partial charge on any atom is -0.304 e. The van der Waals surface area contributed by atoms with Crippen molar-refractivity contribution >= 4 is 11.6 Å². The van der Waals surface area contributed by atoms with Crippen LogP contribution in [0.4, 0.5) is 8.78 Å². The summed E-state index contributed by atoms with van der Waals surface area (Å²) in [6.45, 7) is 0.477. The summed E-state index contributed by atoms with van der Waals surface area (Å²) >= 11 is 5.94. The van der Waals surface area contributed by atoms with Crippen LogP contribution in [-0.4, -0.2) is 12.5 Å². The van der Waals surface area contributed by atoms with E-state index < -0.39 is 12.5 Å². The number of rotatable bonds is 1. The maximum atomic E-state index is 12.4. The number of hydrogen-bond donors (Lipinski definition) is 1. The summed E-state index contributed by atoms with van der Waals surface area (Å²) < 4.78 is 24.9. The Morgan fingerprint density at radius 3 is 2.93 bits per heavy atom. The van der Waals surface area contributed by atoms with E-state index in [0.717, 1.165) is 11.1 Å². The summed E-state index contributed by atoms with van der Waals surface area (Å²) in [6, 6.07) is 4.73. The second-order valence-electron chi connectivity index (χ2n) is 3.40. The first kappa shape index (κ1) is 9.87. The molecule has 0 saturated heterocycles. The lowest BCUT2D eigenvalue weighted by molar-refractivity contribution is 0.0942. The van der Waals surface area contributed by atoms with E-state index in [2.05, 4.69) is 5.32 Å². The van der Waals surface area contributed by atoms with E-state index in [1.807, 2.05) is 12.1 Å². The first-order chi connectivity index (χ1) is 6.68. The van der Waals surface area contributed by atoms with Crippen molar-refractivity contribution in [1.29, 1.82) is 0 Å². The molecule has 1 aromatic rings. The molecule has 1 atom stereocenters. The Kier molecular flexibility index (Phi) is 2.70. The van der Waals surface area contributed by atoms with E-state index in [1.54, 1.807) is 6.07 Å². The van der Waals surface area contributed by atoms with Crippen molar-refractivity contribution in [2.75, 3.05) is 0 Å². The first-order valence-corrected chi connectivity index (χ1v) is 4.84. The van der Waals surface area contributed by atoms with Crippen LogP contribution in [0, 0.1) is 0 Å². The summed E-state index contributed by atoms with van der Waals surface area (Å²) in [5, 5.41) is 3.39. The predicted octanol–water partition coefficient (Wildman–Crippen LogP) is 2.62. The maximum Gasteiger partial charge on any atom is 0.254 e. The first-order valence-electron chi connectivity index (χ1n) is 4.46. The number of halogens is 3. The van der Waals surface area contributed by atoms with Gasteiger partial charge < -0.3 is 5.32 Å². The van der Waals surface area contributed by atoms with Gasteiger partial charge in [-0.1, -0.05) is 23.7 Å². The molecule has 0 amide bonds. The van der Waals surface area contributed by atoms with Crippen molar-refractivity contribution in [1.82, 2.24) is 5.32 Å². The van der Waals surface area contributed by atoms with Gasteiger partial charge in [0.1, 0.15) is 0 Å². The van der Waals surface area contributed by atoms with Crippen molar-refractivity contribution in [2.45, 2.75) is 25.4 Å². The SMILES string of the molecule is FC(F)C1Cc2c(Cl)cccc2CN1. The standard InChI is InChI=1S/C10H10ClF2N/c11-8-3-1-2-6-5-14-9(10(12)13)4-7(6)8/h1-3,9-10,14H,4-5H2. The Morgan fingerprint density at radius 1 is 1.43 bits per heavy atom. The Labute approximate surface area is 86.1 Å². The fourth-order valence-corrected chi connectivity index (χ4v) is 1.98. The van der Waals surface area contributed by atoms with Crippen molar-refractivity contribution in [3.63, 3.8) is 0 Å². The smallest absolute Gasteiger partial charge is 0.254 e. The third-order valence-corrected chi connectivity index (χ3v) is 2.85. The molecule has 2 rings (SSSR count). The molecule has 1 aliphatic rings. The van der Waals surface area contributed by atoms with Crippen LogP contribution in [0.3, 0.4) is 0 Å². The molecule has 0 fully saturated rings. The topological polar surface area (TPSA) is 12.0 Å². The van der Waals surface area contributed by atoms with Crippen LogP contribution in [0.25, 0.3) is 0 Å². The normalized spacial score (nSPS) is 21.0. The lowest BCUT2D eigenvalue weighted by Crippen LogP contribution is -2.40. The molecular weight excluding hydrogens is 208 g/mol. The summed E-state index contributed by atoms with van der Waals surface area (Å²) in [7, 11) is 0. The molecule has 14 heavy (non-hydrogen) atoms. The van der Waals surface area contributed by atoms with Gasteiger partial charge in [0.05, 0.1) is 6.04 Å². The number of nitrogens with one attached hydrogen (secondary N) is 1. The highest BCUT2D eigenvalue weighted by Crippen LogP contribution is 2.26. The van der Waals surface area contributed by atoms with Gasteiger partial charge in [-0.15, -0.1) is 0 Å². The molecule has 0 saturated carbocycles. The summed E-state index contributed by atoms with van der Waals surface area (Å²) in [6.07, 6.45) is -2.02. The van der Waals surface area contributed by atoms with Gasteiger partial charge in [-0.25, -0.2) is 8.78 Å². The molecule has 1 unspecified atom stereocenters. The van der Waals surface area contributed by atoms with Gasteiger partial charge >= 0.3 is 0 Å². The lowest BCUT2D eigenvalue weighted by Gasteiger charge is -2.26. The van der Waals surface area contributed by atoms with Crippen molar-refractivity contribution < 1.29 is 8.78 Å². The van der Waals surface area contributed by atoms with Crippen LogP contribution < -0.4 is 5.32 Å². The van der Waals surface area contributed by atoms with E-state index in [0.29, 0.717) is 18.0 Å². The van der Waals surface area contributed by atoms with Crippen LogP contribution in [0.5, 0.6) is 0 Å². The van der Waals surface area contributed by atoms with E-state index in [1.165, 1.54) is 0 Å². The molecule has 1 N–H and O–H groups in total. The van der Waals surface area contributed by atoms with Crippen molar-refractivity contribution in [3.05, 3.63) is 34.3 Å².